The number of anilines is 2. The number of hydrogen-bond donors (Lipinski definition) is 2. The first-order chi connectivity index (χ1) is 12.0. The van der Waals surface area contributed by atoms with Gasteiger partial charge in [-0.3, -0.25) is 4.79 Å². The lowest BCUT2D eigenvalue weighted by Gasteiger charge is -2.14. The van der Waals surface area contributed by atoms with Gasteiger partial charge in [0.2, 0.25) is 11.7 Å². The van der Waals surface area contributed by atoms with E-state index in [1.807, 2.05) is 13.8 Å². The van der Waals surface area contributed by atoms with Gasteiger partial charge < -0.3 is 24.8 Å². The van der Waals surface area contributed by atoms with Crippen molar-refractivity contribution in [3.05, 3.63) is 30.1 Å². The third-order valence-corrected chi connectivity index (χ3v) is 3.23. The van der Waals surface area contributed by atoms with Crippen LogP contribution in [0.15, 0.2) is 24.4 Å². The fourth-order valence-electron chi connectivity index (χ4n) is 2.16. The predicted molar refractivity (Wildman–Crippen MR) is 94.0 cm³/mol. The number of rotatable bonds is 7. The predicted octanol–water partition coefficient (Wildman–Crippen LogP) is 2.38. The summed E-state index contributed by atoms with van der Waals surface area (Å²) in [5.74, 6) is 1.51. The number of nitrogens with zero attached hydrogens (tertiary/aromatic N) is 2. The van der Waals surface area contributed by atoms with Crippen LogP contribution in [0, 0.1) is 0 Å². The molecule has 2 aromatic rings. The second-order valence-corrected chi connectivity index (χ2v) is 5.43. The fourth-order valence-corrected chi connectivity index (χ4v) is 2.16. The van der Waals surface area contributed by atoms with Crippen molar-refractivity contribution in [3.63, 3.8) is 0 Å². The summed E-state index contributed by atoms with van der Waals surface area (Å²) in [4.78, 5) is 20.4. The number of ether oxygens (including phenoxy) is 3. The Kier molecular flexibility index (Phi) is 5.99. The molecule has 0 fully saturated rings. The monoisotopic (exact) mass is 346 g/mol. The SMILES string of the molecule is COc1cc(Nc2nccc(C(=O)NC(C)C)n2)cc(OC)c1OC. The summed E-state index contributed by atoms with van der Waals surface area (Å²) in [6.45, 7) is 3.77. The van der Waals surface area contributed by atoms with Crippen LogP contribution in [0.3, 0.4) is 0 Å². The Morgan fingerprint density at radius 2 is 1.72 bits per heavy atom. The van der Waals surface area contributed by atoms with E-state index < -0.39 is 0 Å². The van der Waals surface area contributed by atoms with Crippen molar-refractivity contribution in [3.8, 4) is 17.2 Å². The summed E-state index contributed by atoms with van der Waals surface area (Å²) < 4.78 is 15.9. The smallest absolute Gasteiger partial charge is 0.270 e. The Morgan fingerprint density at radius 3 is 2.24 bits per heavy atom. The van der Waals surface area contributed by atoms with Crippen LogP contribution < -0.4 is 24.8 Å². The third kappa shape index (κ3) is 4.50. The van der Waals surface area contributed by atoms with E-state index in [1.54, 1.807) is 18.2 Å². The second kappa shape index (κ2) is 8.18. The topological polar surface area (TPSA) is 94.6 Å². The quantitative estimate of drug-likeness (QED) is 0.795. The molecular formula is C17H22N4O4. The Labute approximate surface area is 146 Å². The normalized spacial score (nSPS) is 10.3. The van der Waals surface area contributed by atoms with Crippen LogP contribution in [-0.4, -0.2) is 43.2 Å². The van der Waals surface area contributed by atoms with Crippen molar-refractivity contribution in [2.75, 3.05) is 26.6 Å². The molecule has 0 unspecified atom stereocenters. The van der Waals surface area contributed by atoms with Crippen LogP contribution in [0.4, 0.5) is 11.6 Å². The number of aromatic nitrogens is 2. The summed E-state index contributed by atoms with van der Waals surface area (Å²) in [5.41, 5.74) is 0.912. The molecule has 1 aromatic carbocycles. The zero-order chi connectivity index (χ0) is 18.4. The minimum Gasteiger partial charge on any atom is -0.493 e. The third-order valence-electron chi connectivity index (χ3n) is 3.23. The average Bonchev–Trinajstić information content (AvgIpc) is 2.60. The highest BCUT2D eigenvalue weighted by molar-refractivity contribution is 5.92. The van der Waals surface area contributed by atoms with Crippen molar-refractivity contribution < 1.29 is 19.0 Å². The molecule has 0 bridgehead atoms. The highest BCUT2D eigenvalue weighted by atomic mass is 16.5. The molecule has 25 heavy (non-hydrogen) atoms. The number of hydrogen-bond acceptors (Lipinski definition) is 7. The minimum absolute atomic E-state index is 0.0222. The molecule has 134 valence electrons. The molecule has 8 heteroatoms. The number of carbonyl (C=O) groups is 1. The first kappa shape index (κ1) is 18.3. The van der Waals surface area contributed by atoms with Crippen molar-refractivity contribution >= 4 is 17.5 Å². The lowest BCUT2D eigenvalue weighted by molar-refractivity contribution is 0.0938. The van der Waals surface area contributed by atoms with Gasteiger partial charge in [0.05, 0.1) is 21.3 Å². The molecular weight excluding hydrogens is 324 g/mol. The molecule has 0 aliphatic carbocycles. The Balaban J connectivity index is 2.29. The summed E-state index contributed by atoms with van der Waals surface area (Å²) in [6.07, 6.45) is 1.52. The van der Waals surface area contributed by atoms with Crippen molar-refractivity contribution in [1.82, 2.24) is 15.3 Å². The van der Waals surface area contributed by atoms with E-state index in [0.29, 0.717) is 22.9 Å². The maximum Gasteiger partial charge on any atom is 0.270 e. The molecule has 0 aliphatic heterocycles. The maximum atomic E-state index is 12.1. The summed E-state index contributed by atoms with van der Waals surface area (Å²) >= 11 is 0. The summed E-state index contributed by atoms with van der Waals surface area (Å²) in [7, 11) is 4.61. The number of benzene rings is 1. The zero-order valence-electron chi connectivity index (χ0n) is 14.9. The Morgan fingerprint density at radius 1 is 1.08 bits per heavy atom. The molecule has 2 N–H and O–H groups in total. The molecule has 1 aromatic heterocycles. The van der Waals surface area contributed by atoms with Gasteiger partial charge in [-0.05, 0) is 19.9 Å². The molecule has 1 amide bonds. The van der Waals surface area contributed by atoms with Crippen LogP contribution in [0.1, 0.15) is 24.3 Å². The summed E-state index contributed by atoms with van der Waals surface area (Å²) in [6, 6.07) is 5.03. The number of amides is 1. The van der Waals surface area contributed by atoms with Crippen molar-refractivity contribution in [2.45, 2.75) is 19.9 Å². The van der Waals surface area contributed by atoms with Gasteiger partial charge in [-0.25, -0.2) is 9.97 Å². The largest absolute Gasteiger partial charge is 0.493 e. The molecule has 2 rings (SSSR count). The first-order valence-corrected chi connectivity index (χ1v) is 7.69. The lowest BCUT2D eigenvalue weighted by atomic mass is 10.2. The maximum absolute atomic E-state index is 12.1. The molecule has 0 saturated carbocycles. The highest BCUT2D eigenvalue weighted by Gasteiger charge is 2.15. The van der Waals surface area contributed by atoms with E-state index in [4.69, 9.17) is 14.2 Å². The lowest BCUT2D eigenvalue weighted by Crippen LogP contribution is -2.30. The van der Waals surface area contributed by atoms with E-state index in [9.17, 15) is 4.79 Å². The number of carbonyl (C=O) groups excluding carboxylic acids is 1. The van der Waals surface area contributed by atoms with Gasteiger partial charge in [-0.1, -0.05) is 0 Å². The Hall–Kier alpha value is -3.03. The standard InChI is InChI=1S/C17H22N4O4/c1-10(2)19-16(22)12-6-7-18-17(21-12)20-11-8-13(23-3)15(25-5)14(9-11)24-4/h6-10H,1-5H3,(H,19,22)(H,18,20,21). The van der Waals surface area contributed by atoms with Crippen LogP contribution in [0.5, 0.6) is 17.2 Å². The van der Waals surface area contributed by atoms with Gasteiger partial charge in [0.1, 0.15) is 5.69 Å². The molecule has 0 saturated heterocycles. The van der Waals surface area contributed by atoms with Gasteiger partial charge in [-0.15, -0.1) is 0 Å². The number of nitrogens with one attached hydrogen (secondary N) is 2. The van der Waals surface area contributed by atoms with Gasteiger partial charge in [-0.2, -0.15) is 0 Å². The van der Waals surface area contributed by atoms with Crippen molar-refractivity contribution in [1.29, 1.82) is 0 Å². The first-order valence-electron chi connectivity index (χ1n) is 7.69. The van der Waals surface area contributed by atoms with E-state index in [1.165, 1.54) is 27.5 Å². The molecule has 0 radical (unpaired) electrons. The van der Waals surface area contributed by atoms with E-state index in [0.717, 1.165) is 0 Å². The van der Waals surface area contributed by atoms with Gasteiger partial charge in [0, 0.05) is 30.1 Å². The molecule has 0 spiro atoms. The average molecular weight is 346 g/mol. The molecule has 0 aliphatic rings. The highest BCUT2D eigenvalue weighted by Crippen LogP contribution is 2.40. The molecule has 8 nitrogen and oxygen atoms in total. The Bertz CT molecular complexity index is 724. The van der Waals surface area contributed by atoms with Gasteiger partial charge >= 0.3 is 0 Å². The summed E-state index contributed by atoms with van der Waals surface area (Å²) in [5, 5.41) is 5.82. The van der Waals surface area contributed by atoms with Gasteiger partial charge in [0.25, 0.3) is 5.91 Å². The van der Waals surface area contributed by atoms with Crippen LogP contribution >= 0.6 is 0 Å². The van der Waals surface area contributed by atoms with Crippen LogP contribution in [0.2, 0.25) is 0 Å². The van der Waals surface area contributed by atoms with E-state index in [-0.39, 0.29) is 23.6 Å². The van der Waals surface area contributed by atoms with Crippen molar-refractivity contribution in [2.24, 2.45) is 0 Å². The van der Waals surface area contributed by atoms with E-state index in [2.05, 4.69) is 20.6 Å². The minimum atomic E-state index is -0.259. The van der Waals surface area contributed by atoms with E-state index >= 15 is 0 Å². The molecule has 0 atom stereocenters. The number of methoxy groups -OCH3 is 3. The van der Waals surface area contributed by atoms with Gasteiger partial charge in [0.15, 0.2) is 11.5 Å². The zero-order valence-corrected chi connectivity index (χ0v) is 14.9. The van der Waals surface area contributed by atoms with Crippen LogP contribution in [-0.2, 0) is 0 Å². The van der Waals surface area contributed by atoms with Crippen LogP contribution in [0.25, 0.3) is 0 Å². The molecule has 1 heterocycles. The second-order valence-electron chi connectivity index (χ2n) is 5.43. The fraction of sp³-hybridized carbons (Fsp3) is 0.353.